The zero-order valence-corrected chi connectivity index (χ0v) is 16.4. The van der Waals surface area contributed by atoms with Crippen molar-refractivity contribution in [1.82, 2.24) is 0 Å². The average Bonchev–Trinajstić information content (AvgIpc) is 2.65. The van der Waals surface area contributed by atoms with Gasteiger partial charge in [0.15, 0.2) is 6.10 Å². The summed E-state index contributed by atoms with van der Waals surface area (Å²) in [5.74, 6) is 1.84. The van der Waals surface area contributed by atoms with Gasteiger partial charge in [0, 0.05) is 5.02 Å². The lowest BCUT2D eigenvalue weighted by molar-refractivity contribution is 0.262. The van der Waals surface area contributed by atoms with E-state index in [9.17, 15) is 0 Å². The molecule has 0 saturated heterocycles. The van der Waals surface area contributed by atoms with Crippen molar-refractivity contribution in [3.63, 3.8) is 0 Å². The highest BCUT2D eigenvalue weighted by molar-refractivity contribution is 6.30. The van der Waals surface area contributed by atoms with Gasteiger partial charge in [0.1, 0.15) is 11.5 Å². The van der Waals surface area contributed by atoms with E-state index in [2.05, 4.69) is 4.99 Å². The summed E-state index contributed by atoms with van der Waals surface area (Å²) in [6, 6.07) is 23.1. The smallest absolute Gasteiger partial charge is 0.236 e. The maximum absolute atomic E-state index is 6.08. The van der Waals surface area contributed by atoms with Crippen LogP contribution in [0.1, 0.15) is 18.1 Å². The van der Waals surface area contributed by atoms with Gasteiger partial charge < -0.3 is 9.47 Å². The standard InChI is InChI=1S/C23H22ClNO2/c1-16-7-11-20(12-8-16)25-23(27-22-6-4-5-19(24)15-22)18(3)26-21-13-9-17(2)10-14-21/h4-15,18H,1-3H3. The Labute approximate surface area is 165 Å². The first kappa shape index (κ1) is 19.0. The highest BCUT2D eigenvalue weighted by Crippen LogP contribution is 2.22. The molecule has 27 heavy (non-hydrogen) atoms. The van der Waals surface area contributed by atoms with Crippen molar-refractivity contribution >= 4 is 23.2 Å². The molecule has 0 heterocycles. The van der Waals surface area contributed by atoms with E-state index in [4.69, 9.17) is 21.1 Å². The summed E-state index contributed by atoms with van der Waals surface area (Å²) in [5.41, 5.74) is 3.16. The van der Waals surface area contributed by atoms with E-state index in [1.807, 2.05) is 81.4 Å². The van der Waals surface area contributed by atoms with E-state index >= 15 is 0 Å². The molecule has 0 amide bonds. The van der Waals surface area contributed by atoms with Crippen LogP contribution in [0.2, 0.25) is 5.02 Å². The molecule has 3 nitrogen and oxygen atoms in total. The number of ether oxygens (including phenoxy) is 2. The van der Waals surface area contributed by atoms with Crippen molar-refractivity contribution in [2.75, 3.05) is 0 Å². The van der Waals surface area contributed by atoms with Crippen molar-refractivity contribution in [3.05, 3.63) is 88.9 Å². The van der Waals surface area contributed by atoms with Gasteiger partial charge in [-0.2, -0.15) is 0 Å². The average molecular weight is 380 g/mol. The van der Waals surface area contributed by atoms with Crippen LogP contribution in [0.3, 0.4) is 0 Å². The Morgan fingerprint density at radius 1 is 0.852 bits per heavy atom. The van der Waals surface area contributed by atoms with Crippen molar-refractivity contribution < 1.29 is 9.47 Å². The fourth-order valence-electron chi connectivity index (χ4n) is 2.47. The molecule has 0 aliphatic carbocycles. The van der Waals surface area contributed by atoms with Crippen LogP contribution in [0.4, 0.5) is 5.69 Å². The molecule has 3 aromatic carbocycles. The topological polar surface area (TPSA) is 30.8 Å². The van der Waals surface area contributed by atoms with Crippen molar-refractivity contribution in [3.8, 4) is 11.5 Å². The lowest BCUT2D eigenvalue weighted by Gasteiger charge is -2.18. The van der Waals surface area contributed by atoms with Gasteiger partial charge in [-0.25, -0.2) is 4.99 Å². The molecule has 0 N–H and O–H groups in total. The van der Waals surface area contributed by atoms with Crippen LogP contribution in [0.5, 0.6) is 11.5 Å². The fourth-order valence-corrected chi connectivity index (χ4v) is 2.65. The van der Waals surface area contributed by atoms with Crippen molar-refractivity contribution in [2.45, 2.75) is 26.9 Å². The Kier molecular flexibility index (Phi) is 6.15. The second kappa shape index (κ2) is 8.74. The molecule has 0 bridgehead atoms. The third kappa shape index (κ3) is 5.60. The molecule has 0 spiro atoms. The van der Waals surface area contributed by atoms with E-state index in [1.54, 1.807) is 12.1 Å². The van der Waals surface area contributed by atoms with Crippen LogP contribution in [-0.4, -0.2) is 12.0 Å². The molecule has 4 heteroatoms. The molecule has 0 aromatic heterocycles. The number of aryl methyl sites for hydroxylation is 2. The predicted octanol–water partition coefficient (Wildman–Crippen LogP) is 6.53. The van der Waals surface area contributed by atoms with Crippen LogP contribution in [0.15, 0.2) is 77.8 Å². The lowest BCUT2D eigenvalue weighted by atomic mass is 10.2. The first-order valence-electron chi connectivity index (χ1n) is 8.81. The van der Waals surface area contributed by atoms with E-state index in [1.165, 1.54) is 11.1 Å². The third-order valence-corrected chi connectivity index (χ3v) is 4.21. The van der Waals surface area contributed by atoms with Crippen LogP contribution in [-0.2, 0) is 0 Å². The SMILES string of the molecule is Cc1ccc(N=C(Oc2cccc(Cl)c2)C(C)Oc2ccc(C)cc2)cc1. The van der Waals surface area contributed by atoms with Crippen LogP contribution in [0.25, 0.3) is 0 Å². The second-order valence-corrected chi connectivity index (χ2v) is 6.85. The first-order valence-corrected chi connectivity index (χ1v) is 9.19. The molecule has 3 rings (SSSR count). The number of aliphatic imine (C=N–C) groups is 1. The first-order chi connectivity index (χ1) is 13.0. The number of rotatable bonds is 5. The monoisotopic (exact) mass is 379 g/mol. The molecule has 1 atom stereocenters. The van der Waals surface area contributed by atoms with E-state index in [-0.39, 0.29) is 6.10 Å². The van der Waals surface area contributed by atoms with Gasteiger partial charge in [0.05, 0.1) is 5.69 Å². The number of hydrogen-bond donors (Lipinski definition) is 0. The van der Waals surface area contributed by atoms with Gasteiger partial charge in [-0.05, 0) is 63.2 Å². The van der Waals surface area contributed by atoms with E-state index in [0.717, 1.165) is 11.4 Å². The third-order valence-electron chi connectivity index (χ3n) is 3.97. The van der Waals surface area contributed by atoms with E-state index < -0.39 is 0 Å². The quantitative estimate of drug-likeness (QED) is 0.372. The predicted molar refractivity (Wildman–Crippen MR) is 112 cm³/mol. The highest BCUT2D eigenvalue weighted by Gasteiger charge is 2.16. The van der Waals surface area contributed by atoms with Gasteiger partial charge in [-0.1, -0.05) is 53.1 Å². The summed E-state index contributed by atoms with van der Waals surface area (Å²) in [7, 11) is 0. The summed E-state index contributed by atoms with van der Waals surface area (Å²) in [6.07, 6.45) is -0.381. The molecule has 0 radical (unpaired) electrons. The minimum atomic E-state index is -0.381. The Bertz CT molecular complexity index is 918. The molecule has 0 aliphatic rings. The number of hydrogen-bond acceptors (Lipinski definition) is 3. The molecular formula is C23H22ClNO2. The molecule has 0 fully saturated rings. The minimum Gasteiger partial charge on any atom is -0.481 e. The summed E-state index contributed by atoms with van der Waals surface area (Å²) < 4.78 is 12.1. The largest absolute Gasteiger partial charge is 0.481 e. The Morgan fingerprint density at radius 3 is 2.11 bits per heavy atom. The lowest BCUT2D eigenvalue weighted by Crippen LogP contribution is -2.28. The zero-order valence-electron chi connectivity index (χ0n) is 15.6. The maximum atomic E-state index is 6.08. The van der Waals surface area contributed by atoms with Gasteiger partial charge in [0.25, 0.3) is 0 Å². The van der Waals surface area contributed by atoms with Gasteiger partial charge >= 0.3 is 0 Å². The summed E-state index contributed by atoms with van der Waals surface area (Å²) in [4.78, 5) is 4.66. The summed E-state index contributed by atoms with van der Waals surface area (Å²) in [6.45, 7) is 6.00. The number of benzene rings is 3. The van der Waals surface area contributed by atoms with Crippen LogP contribution in [0, 0.1) is 13.8 Å². The molecule has 0 saturated carbocycles. The van der Waals surface area contributed by atoms with Gasteiger partial charge in [-0.15, -0.1) is 0 Å². The fraction of sp³-hybridized carbons (Fsp3) is 0.174. The van der Waals surface area contributed by atoms with Gasteiger partial charge in [0.2, 0.25) is 5.90 Å². The number of halogens is 1. The van der Waals surface area contributed by atoms with Crippen LogP contribution >= 0.6 is 11.6 Å². The van der Waals surface area contributed by atoms with E-state index in [0.29, 0.717) is 16.7 Å². The number of nitrogens with zero attached hydrogens (tertiary/aromatic N) is 1. The summed E-state index contributed by atoms with van der Waals surface area (Å²) >= 11 is 6.08. The highest BCUT2D eigenvalue weighted by atomic mass is 35.5. The Morgan fingerprint density at radius 2 is 1.48 bits per heavy atom. The Hall–Kier alpha value is -2.78. The van der Waals surface area contributed by atoms with Gasteiger partial charge in [-0.3, -0.25) is 0 Å². The second-order valence-electron chi connectivity index (χ2n) is 6.42. The Balaban J connectivity index is 1.87. The molecule has 0 aliphatic heterocycles. The molecular weight excluding hydrogens is 358 g/mol. The van der Waals surface area contributed by atoms with Crippen molar-refractivity contribution in [2.24, 2.45) is 4.99 Å². The summed E-state index contributed by atoms with van der Waals surface area (Å²) in [5, 5.41) is 0.606. The molecule has 1 unspecified atom stereocenters. The maximum Gasteiger partial charge on any atom is 0.236 e. The molecule has 3 aromatic rings. The normalized spacial score (nSPS) is 12.5. The molecule has 138 valence electrons. The minimum absolute atomic E-state index is 0.381. The van der Waals surface area contributed by atoms with Crippen molar-refractivity contribution in [1.29, 1.82) is 0 Å². The zero-order chi connectivity index (χ0) is 19.2. The van der Waals surface area contributed by atoms with Crippen LogP contribution < -0.4 is 9.47 Å².